The second-order valence-electron chi connectivity index (χ2n) is 11.6. The highest BCUT2D eigenvalue weighted by Crippen LogP contribution is 2.19. The normalized spacial score (nSPS) is 17.0. The summed E-state index contributed by atoms with van der Waals surface area (Å²) in [6.45, 7) is 7.06. The Morgan fingerprint density at radius 1 is 0.762 bits per heavy atom. The van der Waals surface area contributed by atoms with E-state index < -0.39 is 47.9 Å². The minimum Gasteiger partial charge on any atom is -0.480 e. The molecular weight excluding hydrogens is 536 g/mol. The first kappa shape index (κ1) is 37.1. The molecule has 1 aliphatic rings. The van der Waals surface area contributed by atoms with Gasteiger partial charge in [0.2, 0.25) is 23.6 Å². The zero-order chi connectivity index (χ0) is 31.3. The van der Waals surface area contributed by atoms with Crippen LogP contribution in [0.5, 0.6) is 0 Å². The molecule has 0 aromatic carbocycles. The highest BCUT2D eigenvalue weighted by atomic mass is 16.4. The number of nitrogens with one attached hydrogen (secondary N) is 3. The lowest BCUT2D eigenvalue weighted by Gasteiger charge is -2.28. The van der Waals surface area contributed by atoms with Gasteiger partial charge in [-0.25, -0.2) is 0 Å². The van der Waals surface area contributed by atoms with E-state index in [2.05, 4.69) is 35.0 Å². The van der Waals surface area contributed by atoms with Crippen molar-refractivity contribution in [2.75, 3.05) is 6.54 Å². The van der Waals surface area contributed by atoms with Crippen LogP contribution in [0.2, 0.25) is 0 Å². The first-order chi connectivity index (χ1) is 20.1. The summed E-state index contributed by atoms with van der Waals surface area (Å²) in [4.78, 5) is 62.8. The van der Waals surface area contributed by atoms with E-state index in [0.717, 1.165) is 38.5 Å². The fraction of sp³-hybridized carbons (Fsp3) is 0.781. The summed E-state index contributed by atoms with van der Waals surface area (Å²) >= 11 is 0. The molecule has 0 aliphatic carbocycles. The van der Waals surface area contributed by atoms with Crippen molar-refractivity contribution in [2.24, 2.45) is 0 Å². The molecular formula is C32H56N4O6. The number of nitrogens with zero attached hydrogens (tertiary/aromatic N) is 1. The molecule has 0 aromatic heterocycles. The Hall–Kier alpha value is -2.91. The van der Waals surface area contributed by atoms with Gasteiger partial charge >= 0.3 is 5.97 Å². The summed E-state index contributed by atoms with van der Waals surface area (Å²) in [5, 5.41) is 16.8. The van der Waals surface area contributed by atoms with Crippen LogP contribution in [0.1, 0.15) is 130 Å². The third-order valence-corrected chi connectivity index (χ3v) is 7.73. The Morgan fingerprint density at radius 3 is 1.93 bits per heavy atom. The molecule has 10 nitrogen and oxygen atoms in total. The minimum atomic E-state index is -1.16. The molecule has 0 radical (unpaired) electrons. The predicted octanol–water partition coefficient (Wildman–Crippen LogP) is 4.61. The van der Waals surface area contributed by atoms with Gasteiger partial charge in [0.15, 0.2) is 0 Å². The lowest BCUT2D eigenvalue weighted by Crippen LogP contribution is -2.56. The largest absolute Gasteiger partial charge is 0.480 e. The Labute approximate surface area is 252 Å². The van der Waals surface area contributed by atoms with Crippen molar-refractivity contribution in [3.05, 3.63) is 12.2 Å². The van der Waals surface area contributed by atoms with Crippen molar-refractivity contribution >= 4 is 29.6 Å². The number of unbranched alkanes of at least 4 members (excludes halogenated alkanes) is 11. The van der Waals surface area contributed by atoms with Gasteiger partial charge in [0, 0.05) is 13.0 Å². The molecule has 4 N–H and O–H groups in total. The smallest absolute Gasteiger partial charge is 0.325 e. The zero-order valence-electron chi connectivity index (χ0n) is 26.4. The van der Waals surface area contributed by atoms with E-state index in [-0.39, 0.29) is 5.91 Å². The van der Waals surface area contributed by atoms with Gasteiger partial charge in [-0.2, -0.15) is 0 Å². The number of aliphatic carboxylic acids is 1. The summed E-state index contributed by atoms with van der Waals surface area (Å²) in [7, 11) is 0. The van der Waals surface area contributed by atoms with Gasteiger partial charge in [-0.1, -0.05) is 70.4 Å². The first-order valence-corrected chi connectivity index (χ1v) is 16.2. The van der Waals surface area contributed by atoms with Crippen LogP contribution in [-0.2, 0) is 24.0 Å². The molecule has 1 unspecified atom stereocenters. The lowest BCUT2D eigenvalue weighted by atomic mass is 10.1. The SMILES string of the molecule is CCCCCCCC/C=C\CCCCCCCC(=O)N[C@@H](C)C(=O)N[C@@H](C)C(=O)N1CCC[C@H]1C(=O)NC(C)C(=O)O. The molecule has 240 valence electrons. The number of carboxylic acids is 1. The molecule has 1 rings (SSSR count). The molecule has 4 atom stereocenters. The van der Waals surface area contributed by atoms with Gasteiger partial charge < -0.3 is 26.0 Å². The average Bonchev–Trinajstić information content (AvgIpc) is 3.44. The van der Waals surface area contributed by atoms with Crippen LogP contribution in [0.4, 0.5) is 0 Å². The molecule has 0 aromatic rings. The van der Waals surface area contributed by atoms with Crippen molar-refractivity contribution in [3.63, 3.8) is 0 Å². The van der Waals surface area contributed by atoms with Crippen molar-refractivity contribution < 1.29 is 29.1 Å². The van der Waals surface area contributed by atoms with Crippen LogP contribution in [0, 0.1) is 0 Å². The summed E-state index contributed by atoms with van der Waals surface area (Å²) < 4.78 is 0. The van der Waals surface area contributed by atoms with E-state index in [1.54, 1.807) is 6.92 Å². The number of likely N-dealkylation sites (tertiary alicyclic amines) is 1. The Morgan fingerprint density at radius 2 is 1.33 bits per heavy atom. The predicted molar refractivity (Wildman–Crippen MR) is 165 cm³/mol. The molecule has 0 saturated carbocycles. The van der Waals surface area contributed by atoms with Gasteiger partial charge in [-0.3, -0.25) is 24.0 Å². The number of amides is 4. The monoisotopic (exact) mass is 592 g/mol. The standard InChI is InChI=1S/C32H56N4O6/c1-5-6-7-8-9-10-11-12-13-14-15-16-17-18-19-22-28(37)33-24(2)29(38)34-25(3)31(40)36-23-20-21-27(36)30(39)35-26(4)32(41)42/h12-13,24-27H,5-11,14-23H2,1-4H3,(H,33,37)(H,34,38)(H,35,39)(H,41,42)/b13-12-/t24-,25-,26?,27-/m0/s1. The van der Waals surface area contributed by atoms with Gasteiger partial charge in [0.05, 0.1) is 0 Å². The van der Waals surface area contributed by atoms with E-state index in [1.807, 2.05) is 0 Å². The fourth-order valence-corrected chi connectivity index (χ4v) is 5.06. The molecule has 1 heterocycles. The topological polar surface area (TPSA) is 145 Å². The Balaban J connectivity index is 2.21. The summed E-state index contributed by atoms with van der Waals surface area (Å²) in [5.74, 6) is -2.78. The van der Waals surface area contributed by atoms with Crippen LogP contribution in [0.15, 0.2) is 12.2 Å². The van der Waals surface area contributed by atoms with E-state index in [4.69, 9.17) is 5.11 Å². The number of rotatable bonds is 22. The molecule has 1 saturated heterocycles. The Bertz CT molecular complexity index is 877. The molecule has 1 fully saturated rings. The van der Waals surface area contributed by atoms with Crippen LogP contribution in [-0.4, -0.2) is 70.3 Å². The maximum absolute atomic E-state index is 13.0. The summed E-state index contributed by atoms with van der Waals surface area (Å²) in [6, 6.07) is -3.54. The number of allylic oxidation sites excluding steroid dienone is 2. The van der Waals surface area contributed by atoms with E-state index in [0.29, 0.717) is 25.8 Å². The number of carbonyl (C=O) groups excluding carboxylic acids is 4. The second-order valence-corrected chi connectivity index (χ2v) is 11.6. The van der Waals surface area contributed by atoms with Crippen LogP contribution >= 0.6 is 0 Å². The van der Waals surface area contributed by atoms with Gasteiger partial charge in [-0.05, 0) is 65.7 Å². The van der Waals surface area contributed by atoms with Crippen LogP contribution in [0.25, 0.3) is 0 Å². The first-order valence-electron chi connectivity index (χ1n) is 16.2. The molecule has 4 amide bonds. The maximum atomic E-state index is 13.0. The highest BCUT2D eigenvalue weighted by Gasteiger charge is 2.37. The zero-order valence-corrected chi connectivity index (χ0v) is 26.4. The Kier molecular flexibility index (Phi) is 19.2. The van der Waals surface area contributed by atoms with Gasteiger partial charge in [0.1, 0.15) is 24.2 Å². The van der Waals surface area contributed by atoms with Crippen molar-refractivity contribution in [2.45, 2.75) is 155 Å². The summed E-state index contributed by atoms with van der Waals surface area (Å²) in [5.41, 5.74) is 0. The molecule has 1 aliphatic heterocycles. The number of hydrogen-bond acceptors (Lipinski definition) is 5. The van der Waals surface area contributed by atoms with Crippen molar-refractivity contribution in [1.29, 1.82) is 0 Å². The lowest BCUT2D eigenvalue weighted by molar-refractivity contribution is -0.144. The van der Waals surface area contributed by atoms with Gasteiger partial charge in [-0.15, -0.1) is 0 Å². The molecule has 42 heavy (non-hydrogen) atoms. The number of carboxylic acid groups (broad SMARTS) is 1. The molecule has 10 heteroatoms. The molecule has 0 spiro atoms. The third-order valence-electron chi connectivity index (χ3n) is 7.73. The second kappa shape index (κ2) is 21.7. The molecule has 0 bridgehead atoms. The average molecular weight is 593 g/mol. The van der Waals surface area contributed by atoms with Crippen LogP contribution in [0.3, 0.4) is 0 Å². The summed E-state index contributed by atoms with van der Waals surface area (Å²) in [6.07, 6.45) is 21.4. The number of carbonyl (C=O) groups is 5. The maximum Gasteiger partial charge on any atom is 0.325 e. The quantitative estimate of drug-likeness (QED) is 0.107. The van der Waals surface area contributed by atoms with E-state index >= 15 is 0 Å². The van der Waals surface area contributed by atoms with E-state index in [9.17, 15) is 24.0 Å². The van der Waals surface area contributed by atoms with Crippen LogP contribution < -0.4 is 16.0 Å². The fourth-order valence-electron chi connectivity index (χ4n) is 5.06. The number of hydrogen-bond donors (Lipinski definition) is 4. The van der Waals surface area contributed by atoms with Crippen molar-refractivity contribution in [3.8, 4) is 0 Å². The van der Waals surface area contributed by atoms with Gasteiger partial charge in [0.25, 0.3) is 0 Å². The van der Waals surface area contributed by atoms with Crippen molar-refractivity contribution in [1.82, 2.24) is 20.9 Å². The highest BCUT2D eigenvalue weighted by molar-refractivity contribution is 5.95. The van der Waals surface area contributed by atoms with E-state index in [1.165, 1.54) is 63.7 Å². The third kappa shape index (κ3) is 15.4. The minimum absolute atomic E-state index is 0.196.